The zero-order valence-electron chi connectivity index (χ0n) is 17.3. The third-order valence-corrected chi connectivity index (χ3v) is 6.11. The van der Waals surface area contributed by atoms with Crippen molar-refractivity contribution < 1.29 is 31.4 Å². The minimum absolute atomic E-state index is 0. The van der Waals surface area contributed by atoms with Crippen LogP contribution in [0.1, 0.15) is 37.2 Å². The Labute approximate surface area is 186 Å². The summed E-state index contributed by atoms with van der Waals surface area (Å²) < 4.78 is 25.3. The first kappa shape index (κ1) is 20.1. The lowest BCUT2D eigenvalue weighted by atomic mass is 9.94. The summed E-state index contributed by atoms with van der Waals surface area (Å²) in [7, 11) is 0. The second-order valence-corrected chi connectivity index (χ2v) is 8.13. The van der Waals surface area contributed by atoms with Gasteiger partial charge in [0.1, 0.15) is 5.82 Å². The summed E-state index contributed by atoms with van der Waals surface area (Å²) >= 11 is 0. The number of carbonyl (C=O) groups is 2. The number of aromatic carboxylic acids is 1. The molecule has 3 aromatic carbocycles. The number of anilines is 1. The number of amides is 1. The highest BCUT2D eigenvalue weighted by Gasteiger charge is 2.51. The first-order valence-corrected chi connectivity index (χ1v) is 10.2. The number of benzene rings is 3. The van der Waals surface area contributed by atoms with Crippen LogP contribution >= 0.6 is 0 Å². The molecule has 1 saturated carbocycles. The molecule has 0 aromatic heterocycles. The van der Waals surface area contributed by atoms with Crippen LogP contribution in [0.5, 0.6) is 11.5 Å². The Morgan fingerprint density at radius 1 is 1.00 bits per heavy atom. The predicted octanol–water partition coefficient (Wildman–Crippen LogP) is 5.39. The van der Waals surface area contributed by atoms with E-state index in [0.29, 0.717) is 35.6 Å². The number of hydrogen-bond donors (Lipinski definition) is 2. The maximum Gasteiger partial charge on any atom is 0.335 e. The average molecular weight is 437 g/mol. The Hall–Kier alpha value is -3.87. The molecule has 6 nitrogen and oxygen atoms in total. The van der Waals surface area contributed by atoms with Gasteiger partial charge in [0, 0.05) is 14.1 Å². The van der Waals surface area contributed by atoms with Crippen LogP contribution in [-0.2, 0) is 10.2 Å². The van der Waals surface area contributed by atoms with Crippen LogP contribution in [0.2, 0.25) is 0 Å². The summed E-state index contributed by atoms with van der Waals surface area (Å²) in [5, 5.41) is 12.2. The summed E-state index contributed by atoms with van der Waals surface area (Å²) in [6.45, 7) is 1.98. The number of halogens is 1. The van der Waals surface area contributed by atoms with Crippen LogP contribution in [0, 0.1) is 12.7 Å². The summed E-state index contributed by atoms with van der Waals surface area (Å²) in [5.74, 6) is -0.508. The van der Waals surface area contributed by atoms with E-state index in [2.05, 4.69) is 5.32 Å². The number of carboxylic acid groups (broad SMARTS) is 1. The van der Waals surface area contributed by atoms with Crippen LogP contribution < -0.4 is 14.8 Å². The number of carbonyl (C=O) groups excluding carboxylic acids is 1. The van der Waals surface area contributed by atoms with E-state index in [1.165, 1.54) is 12.1 Å². The van der Waals surface area contributed by atoms with Crippen molar-refractivity contribution in [2.45, 2.75) is 25.2 Å². The molecule has 166 valence electrons. The monoisotopic (exact) mass is 437 g/mol. The van der Waals surface area contributed by atoms with E-state index in [0.717, 1.165) is 17.2 Å². The van der Waals surface area contributed by atoms with E-state index in [9.17, 15) is 19.1 Å². The van der Waals surface area contributed by atoms with Gasteiger partial charge in [0.05, 0.1) is 11.0 Å². The van der Waals surface area contributed by atoms with Crippen molar-refractivity contribution in [1.82, 2.24) is 0 Å². The topological polar surface area (TPSA) is 84.9 Å². The summed E-state index contributed by atoms with van der Waals surface area (Å²) in [4.78, 5) is 24.5. The lowest BCUT2D eigenvalue weighted by molar-refractivity contribution is -0.118. The Kier molecular flexibility index (Phi) is 4.62. The lowest BCUT2D eigenvalue weighted by Crippen LogP contribution is -2.27. The van der Waals surface area contributed by atoms with Crippen LogP contribution in [0.4, 0.5) is 10.1 Å². The molecule has 0 spiro atoms. The largest absolute Gasteiger partial charge is 0.478 e. The molecule has 0 radical (unpaired) electrons. The molecule has 2 N–H and O–H groups in total. The maximum atomic E-state index is 14.5. The van der Waals surface area contributed by atoms with Gasteiger partial charge < -0.3 is 19.9 Å². The Morgan fingerprint density at radius 3 is 2.53 bits per heavy atom. The first-order valence-electron chi connectivity index (χ1n) is 10.2. The molecule has 1 heterocycles. The number of rotatable bonds is 5. The highest BCUT2D eigenvalue weighted by molar-refractivity contribution is 6.02. The maximum absolute atomic E-state index is 14.5. The van der Waals surface area contributed by atoms with Gasteiger partial charge in [0.15, 0.2) is 11.5 Å². The fourth-order valence-corrected chi connectivity index (χ4v) is 4.07. The molecule has 1 fully saturated rings. The highest BCUT2D eigenvalue weighted by atomic mass is 19.1. The Bertz CT molecular complexity index is 1280. The SMILES string of the molecule is Cc1ccc(NC(=O)C2(c3ccc4c(c3)OCO4)CC2)cc1-c1cc(C(=O)O)ccc1F.[HH].[HH]. The minimum atomic E-state index is -1.13. The molecule has 0 saturated heterocycles. The highest BCUT2D eigenvalue weighted by Crippen LogP contribution is 2.51. The lowest BCUT2D eigenvalue weighted by Gasteiger charge is -2.17. The predicted molar refractivity (Wildman–Crippen MR) is 120 cm³/mol. The van der Waals surface area contributed by atoms with Gasteiger partial charge in [0.25, 0.3) is 0 Å². The molecular formula is C25H24FNO5. The average Bonchev–Trinajstić information content (AvgIpc) is 3.46. The second-order valence-electron chi connectivity index (χ2n) is 8.13. The number of hydrogen-bond acceptors (Lipinski definition) is 4. The van der Waals surface area contributed by atoms with Crippen molar-refractivity contribution in [3.8, 4) is 22.6 Å². The summed E-state index contributed by atoms with van der Waals surface area (Å²) in [6.07, 6.45) is 1.43. The summed E-state index contributed by atoms with van der Waals surface area (Å²) in [6, 6.07) is 14.4. The summed E-state index contributed by atoms with van der Waals surface area (Å²) in [5.41, 5.74) is 2.21. The fraction of sp³-hybridized carbons (Fsp3) is 0.200. The number of aryl methyl sites for hydroxylation is 1. The molecule has 1 amide bonds. The van der Waals surface area contributed by atoms with Gasteiger partial charge in [-0.2, -0.15) is 0 Å². The van der Waals surface area contributed by atoms with Gasteiger partial charge in [0.2, 0.25) is 12.7 Å². The van der Waals surface area contributed by atoms with Gasteiger partial charge in [-0.15, -0.1) is 0 Å². The number of nitrogens with one attached hydrogen (secondary N) is 1. The van der Waals surface area contributed by atoms with Gasteiger partial charge >= 0.3 is 5.97 Å². The quantitative estimate of drug-likeness (QED) is 0.559. The van der Waals surface area contributed by atoms with Gasteiger partial charge in [-0.05, 0) is 78.9 Å². The number of carboxylic acids is 1. The van der Waals surface area contributed by atoms with E-state index in [1.54, 1.807) is 18.2 Å². The number of ether oxygens (including phenoxy) is 2. The van der Waals surface area contributed by atoms with E-state index in [4.69, 9.17) is 9.47 Å². The first-order chi connectivity index (χ1) is 15.4. The molecular weight excluding hydrogens is 413 g/mol. The zero-order chi connectivity index (χ0) is 22.5. The van der Waals surface area contributed by atoms with Crippen LogP contribution in [0.15, 0.2) is 54.6 Å². The minimum Gasteiger partial charge on any atom is -0.478 e. The molecule has 32 heavy (non-hydrogen) atoms. The smallest absolute Gasteiger partial charge is 0.335 e. The van der Waals surface area contributed by atoms with E-state index < -0.39 is 17.2 Å². The van der Waals surface area contributed by atoms with Crippen molar-refractivity contribution in [1.29, 1.82) is 0 Å². The molecule has 2 aliphatic rings. The van der Waals surface area contributed by atoms with Crippen molar-refractivity contribution in [2.24, 2.45) is 0 Å². The molecule has 1 aliphatic heterocycles. The van der Waals surface area contributed by atoms with Gasteiger partial charge in [-0.3, -0.25) is 4.79 Å². The molecule has 3 aromatic rings. The van der Waals surface area contributed by atoms with Gasteiger partial charge in [-0.1, -0.05) is 12.1 Å². The molecule has 0 bridgehead atoms. The fourth-order valence-electron chi connectivity index (χ4n) is 4.07. The Balaban J connectivity index is 0.00000162. The van der Waals surface area contributed by atoms with Crippen molar-refractivity contribution in [2.75, 3.05) is 12.1 Å². The zero-order valence-corrected chi connectivity index (χ0v) is 17.3. The van der Waals surface area contributed by atoms with Crippen molar-refractivity contribution in [3.63, 3.8) is 0 Å². The van der Waals surface area contributed by atoms with Crippen molar-refractivity contribution in [3.05, 3.63) is 77.1 Å². The third-order valence-electron chi connectivity index (χ3n) is 6.11. The third kappa shape index (κ3) is 3.36. The second kappa shape index (κ2) is 7.37. The molecule has 1 aliphatic carbocycles. The van der Waals surface area contributed by atoms with Crippen LogP contribution in [-0.4, -0.2) is 23.8 Å². The standard InChI is InChI=1S/C25H20FNO5.2H2/c1-14-2-5-17(12-18(14)19-10-15(23(28)29)3-6-20(19)26)27-24(30)25(8-9-25)16-4-7-21-22(11-16)32-13-31-21;;/h2-7,10-12H,8-9,13H2,1H3,(H,27,30)(H,28,29);2*1H. The molecule has 5 rings (SSSR count). The number of fused-ring (bicyclic) bond motifs is 1. The molecule has 7 heteroatoms. The molecule has 0 unspecified atom stereocenters. The van der Waals surface area contributed by atoms with Crippen LogP contribution in [0.3, 0.4) is 0 Å². The normalized spacial score (nSPS) is 15.3. The van der Waals surface area contributed by atoms with E-state index in [-0.39, 0.29) is 26.7 Å². The van der Waals surface area contributed by atoms with E-state index in [1.807, 2.05) is 25.1 Å². The van der Waals surface area contributed by atoms with Crippen molar-refractivity contribution >= 4 is 17.6 Å². The Morgan fingerprint density at radius 2 is 1.78 bits per heavy atom. The van der Waals surface area contributed by atoms with E-state index >= 15 is 0 Å². The van der Waals surface area contributed by atoms with Gasteiger partial charge in [-0.25, -0.2) is 9.18 Å². The molecule has 0 atom stereocenters. The van der Waals surface area contributed by atoms with Crippen LogP contribution in [0.25, 0.3) is 11.1 Å².